The van der Waals surface area contributed by atoms with Crippen LogP contribution in [0.25, 0.3) is 21.8 Å². The normalized spacial score (nSPS) is 11.1. The molecule has 0 aliphatic carbocycles. The van der Waals surface area contributed by atoms with Crippen LogP contribution in [0.1, 0.15) is 11.3 Å². The minimum absolute atomic E-state index is 0.0825. The van der Waals surface area contributed by atoms with Gasteiger partial charge in [-0.15, -0.1) is 0 Å². The first-order chi connectivity index (χ1) is 15.0. The smallest absolute Gasteiger partial charge is 0.184 e. The van der Waals surface area contributed by atoms with Gasteiger partial charge in [-0.1, -0.05) is 60.2 Å². The van der Waals surface area contributed by atoms with Crippen molar-refractivity contribution in [2.24, 2.45) is 0 Å². The molecule has 0 amide bonds. The molecule has 0 aliphatic heterocycles. The maximum absolute atomic E-state index is 12.4. The molecule has 2 heterocycles. The van der Waals surface area contributed by atoms with Crippen LogP contribution in [0, 0.1) is 6.92 Å². The van der Waals surface area contributed by atoms with Gasteiger partial charge in [0.2, 0.25) is 0 Å². The monoisotopic (exact) mass is 426 g/mol. The number of aromatic nitrogens is 2. The van der Waals surface area contributed by atoms with Crippen LogP contribution in [-0.2, 0) is 15.6 Å². The van der Waals surface area contributed by atoms with Gasteiger partial charge in [0.05, 0.1) is 27.4 Å². The van der Waals surface area contributed by atoms with E-state index >= 15 is 0 Å². The van der Waals surface area contributed by atoms with Gasteiger partial charge in [-0.25, -0.2) is 8.42 Å². The van der Waals surface area contributed by atoms with Crippen molar-refractivity contribution < 1.29 is 8.42 Å². The Morgan fingerprint density at radius 2 is 1.45 bits per heavy atom. The Morgan fingerprint density at radius 3 is 2.26 bits per heavy atom. The summed E-state index contributed by atoms with van der Waals surface area (Å²) in [5, 5.41) is 2.22. The number of hydrogen-bond donors (Lipinski definition) is 0. The number of nitrogens with zero attached hydrogens (tertiary/aromatic N) is 2. The zero-order chi connectivity index (χ0) is 21.7. The van der Waals surface area contributed by atoms with E-state index in [1.165, 1.54) is 5.39 Å². The zero-order valence-electron chi connectivity index (χ0n) is 17.1. The maximum atomic E-state index is 12.4. The van der Waals surface area contributed by atoms with E-state index < -0.39 is 9.84 Å². The molecule has 0 radical (unpaired) electrons. The third kappa shape index (κ3) is 5.13. The second-order valence-electron chi connectivity index (χ2n) is 7.27. The molecule has 5 heteroatoms. The Labute approximate surface area is 182 Å². The van der Waals surface area contributed by atoms with E-state index in [1.807, 2.05) is 61.7 Å². The van der Waals surface area contributed by atoms with E-state index in [9.17, 15) is 8.42 Å². The fourth-order valence-electron chi connectivity index (χ4n) is 3.29. The molecule has 0 fully saturated rings. The van der Waals surface area contributed by atoms with Crippen molar-refractivity contribution in [1.82, 2.24) is 9.97 Å². The molecule has 0 unspecified atom stereocenters. The highest BCUT2D eigenvalue weighted by Crippen LogP contribution is 2.19. The summed E-state index contributed by atoms with van der Waals surface area (Å²) in [5.41, 5.74) is 3.61. The molecule has 2 aromatic heterocycles. The minimum Gasteiger partial charge on any atom is -0.256 e. The van der Waals surface area contributed by atoms with Crippen molar-refractivity contribution in [1.29, 1.82) is 0 Å². The molecule has 5 aromatic rings. The van der Waals surface area contributed by atoms with Crippen molar-refractivity contribution in [3.63, 3.8) is 0 Å². The SMILES string of the molecule is Cc1ccc2nc(CS(=O)(=O)c3ccccc3)ccc2c1.c1ccc2ncccc2c1. The summed E-state index contributed by atoms with van der Waals surface area (Å²) in [6.45, 7) is 2.02. The molecule has 0 spiro atoms. The predicted molar refractivity (Wildman–Crippen MR) is 126 cm³/mol. The number of aryl methyl sites for hydroxylation is 1. The van der Waals surface area contributed by atoms with E-state index in [0.717, 1.165) is 22.0 Å². The van der Waals surface area contributed by atoms with Crippen LogP contribution >= 0.6 is 0 Å². The Hall–Kier alpha value is -3.57. The Bertz CT molecular complexity index is 1370. The number of benzene rings is 3. The molecular weight excluding hydrogens is 404 g/mol. The van der Waals surface area contributed by atoms with Crippen molar-refractivity contribution in [3.05, 3.63) is 115 Å². The van der Waals surface area contributed by atoms with Gasteiger partial charge in [-0.2, -0.15) is 0 Å². The highest BCUT2D eigenvalue weighted by Gasteiger charge is 2.15. The number of hydrogen-bond acceptors (Lipinski definition) is 4. The van der Waals surface area contributed by atoms with Gasteiger partial charge < -0.3 is 0 Å². The first kappa shape index (κ1) is 20.7. The molecule has 5 rings (SSSR count). The third-order valence-corrected chi connectivity index (χ3v) is 6.52. The van der Waals surface area contributed by atoms with Gasteiger partial charge in [-0.05, 0) is 49.4 Å². The van der Waals surface area contributed by atoms with Gasteiger partial charge >= 0.3 is 0 Å². The van der Waals surface area contributed by atoms with Gasteiger partial charge in [0.15, 0.2) is 9.84 Å². The molecule has 0 bridgehead atoms. The van der Waals surface area contributed by atoms with Gasteiger partial charge in [0.1, 0.15) is 0 Å². The zero-order valence-corrected chi connectivity index (χ0v) is 18.0. The number of sulfone groups is 1. The van der Waals surface area contributed by atoms with Crippen LogP contribution in [0.2, 0.25) is 0 Å². The summed E-state index contributed by atoms with van der Waals surface area (Å²) in [4.78, 5) is 8.96. The van der Waals surface area contributed by atoms with Crippen LogP contribution in [0.5, 0.6) is 0 Å². The van der Waals surface area contributed by atoms with E-state index in [0.29, 0.717) is 10.6 Å². The highest BCUT2D eigenvalue weighted by atomic mass is 32.2. The summed E-state index contributed by atoms with van der Waals surface area (Å²) in [6.07, 6.45) is 1.81. The second-order valence-corrected chi connectivity index (χ2v) is 9.26. The number of pyridine rings is 2. The number of rotatable bonds is 3. The van der Waals surface area contributed by atoms with Crippen molar-refractivity contribution in [3.8, 4) is 0 Å². The lowest BCUT2D eigenvalue weighted by Gasteiger charge is -2.06. The van der Waals surface area contributed by atoms with Gasteiger partial charge in [-0.3, -0.25) is 9.97 Å². The second kappa shape index (κ2) is 9.06. The Kier molecular flexibility index (Phi) is 6.05. The molecule has 0 aliphatic rings. The lowest BCUT2D eigenvalue weighted by Crippen LogP contribution is -2.06. The summed E-state index contributed by atoms with van der Waals surface area (Å²) in [7, 11) is -3.35. The average Bonchev–Trinajstić information content (AvgIpc) is 2.80. The first-order valence-electron chi connectivity index (χ1n) is 9.95. The Morgan fingerprint density at radius 1 is 0.710 bits per heavy atom. The van der Waals surface area contributed by atoms with E-state index in [4.69, 9.17) is 0 Å². The van der Waals surface area contributed by atoms with Crippen LogP contribution in [-0.4, -0.2) is 18.4 Å². The van der Waals surface area contributed by atoms with Gasteiger partial charge in [0, 0.05) is 17.0 Å². The van der Waals surface area contributed by atoms with Crippen LogP contribution < -0.4 is 0 Å². The summed E-state index contributed by atoms with van der Waals surface area (Å²) in [6, 6.07) is 30.2. The fourth-order valence-corrected chi connectivity index (χ4v) is 4.58. The summed E-state index contributed by atoms with van der Waals surface area (Å²) in [5.74, 6) is -0.0825. The predicted octanol–water partition coefficient (Wildman–Crippen LogP) is 5.75. The molecule has 154 valence electrons. The number of fused-ring (bicyclic) bond motifs is 2. The molecule has 0 saturated carbocycles. The van der Waals surface area contributed by atoms with Crippen LogP contribution in [0.4, 0.5) is 0 Å². The molecule has 0 saturated heterocycles. The van der Waals surface area contributed by atoms with Crippen molar-refractivity contribution in [2.75, 3.05) is 0 Å². The summed E-state index contributed by atoms with van der Waals surface area (Å²) < 4.78 is 24.7. The molecule has 4 nitrogen and oxygen atoms in total. The maximum Gasteiger partial charge on any atom is 0.184 e. The largest absolute Gasteiger partial charge is 0.256 e. The topological polar surface area (TPSA) is 59.9 Å². The van der Waals surface area contributed by atoms with Crippen LogP contribution in [0.15, 0.2) is 108 Å². The average molecular weight is 427 g/mol. The summed E-state index contributed by atoms with van der Waals surface area (Å²) >= 11 is 0. The highest BCUT2D eigenvalue weighted by molar-refractivity contribution is 7.90. The first-order valence-corrected chi connectivity index (χ1v) is 11.6. The molecule has 3 aromatic carbocycles. The van der Waals surface area contributed by atoms with Crippen molar-refractivity contribution >= 4 is 31.6 Å². The van der Waals surface area contributed by atoms with Gasteiger partial charge in [0.25, 0.3) is 0 Å². The Balaban J connectivity index is 0.000000192. The molecular formula is C26H22N2O2S. The standard InChI is InChI=1S/C17H15NO2S.C9H7N/c1-13-7-10-17-14(11-13)8-9-15(18-17)12-21(19,20)16-5-3-2-4-6-16;1-2-6-9-8(4-1)5-3-7-10-9/h2-11H,12H2,1H3;1-7H. The van der Waals surface area contributed by atoms with Crippen LogP contribution in [0.3, 0.4) is 0 Å². The third-order valence-electron chi connectivity index (χ3n) is 4.85. The quantitative estimate of drug-likeness (QED) is 0.368. The van der Waals surface area contributed by atoms with E-state index in [-0.39, 0.29) is 5.75 Å². The lowest BCUT2D eigenvalue weighted by molar-refractivity contribution is 0.594. The fraction of sp³-hybridized carbons (Fsp3) is 0.0769. The molecule has 0 N–H and O–H groups in total. The minimum atomic E-state index is -3.35. The lowest BCUT2D eigenvalue weighted by atomic mass is 10.1. The van der Waals surface area contributed by atoms with E-state index in [1.54, 1.807) is 36.4 Å². The molecule has 31 heavy (non-hydrogen) atoms. The number of para-hydroxylation sites is 1. The van der Waals surface area contributed by atoms with E-state index in [2.05, 4.69) is 22.1 Å². The molecule has 0 atom stereocenters. The van der Waals surface area contributed by atoms with Crippen molar-refractivity contribution in [2.45, 2.75) is 17.6 Å².